The van der Waals surface area contributed by atoms with E-state index in [0.717, 1.165) is 24.9 Å². The molecule has 1 aromatic heterocycles. The summed E-state index contributed by atoms with van der Waals surface area (Å²) in [5.41, 5.74) is 1.61. The molecule has 1 fully saturated rings. The van der Waals surface area contributed by atoms with Gasteiger partial charge in [0.15, 0.2) is 0 Å². The molecule has 128 valence electrons. The summed E-state index contributed by atoms with van der Waals surface area (Å²) in [6.45, 7) is 3.65. The lowest BCUT2D eigenvalue weighted by molar-refractivity contribution is 0.0542. The number of para-hydroxylation sites is 1. The number of aromatic nitrogens is 2. The third-order valence-electron chi connectivity index (χ3n) is 5.05. The first kappa shape index (κ1) is 16.5. The van der Waals surface area contributed by atoms with E-state index in [1.54, 1.807) is 17.1 Å². The van der Waals surface area contributed by atoms with Gasteiger partial charge >= 0.3 is 6.03 Å². The van der Waals surface area contributed by atoms with Crippen LogP contribution in [0, 0.1) is 5.41 Å². The van der Waals surface area contributed by atoms with E-state index < -0.39 is 0 Å². The lowest BCUT2D eigenvalue weighted by Crippen LogP contribution is -2.46. The van der Waals surface area contributed by atoms with Gasteiger partial charge in [0, 0.05) is 19.7 Å². The molecule has 1 saturated heterocycles. The molecule has 0 atom stereocenters. The summed E-state index contributed by atoms with van der Waals surface area (Å²) in [5, 5.41) is 16.8. The minimum Gasteiger partial charge on any atom is -0.396 e. The molecule has 0 unspecified atom stereocenters. The van der Waals surface area contributed by atoms with Crippen LogP contribution < -0.4 is 5.32 Å². The van der Waals surface area contributed by atoms with E-state index in [1.165, 1.54) is 0 Å². The zero-order chi connectivity index (χ0) is 17.0. The molecule has 2 heterocycles. The Bertz CT molecular complexity index is 669. The minimum atomic E-state index is -0.106. The first-order valence-corrected chi connectivity index (χ1v) is 8.43. The van der Waals surface area contributed by atoms with E-state index in [4.69, 9.17) is 0 Å². The highest BCUT2D eigenvalue weighted by Gasteiger charge is 2.33. The van der Waals surface area contributed by atoms with E-state index in [9.17, 15) is 9.90 Å². The van der Waals surface area contributed by atoms with Crippen LogP contribution in [0.15, 0.2) is 42.7 Å². The quantitative estimate of drug-likeness (QED) is 0.906. The summed E-state index contributed by atoms with van der Waals surface area (Å²) in [7, 11) is 0. The average molecular weight is 328 g/mol. The van der Waals surface area contributed by atoms with Gasteiger partial charge in [-0.15, -0.1) is 0 Å². The summed E-state index contributed by atoms with van der Waals surface area (Å²) in [6, 6.07) is 9.67. The van der Waals surface area contributed by atoms with Gasteiger partial charge in [0.25, 0.3) is 0 Å². The van der Waals surface area contributed by atoms with Crippen LogP contribution in [0.25, 0.3) is 5.69 Å². The normalized spacial score (nSPS) is 16.8. The van der Waals surface area contributed by atoms with Gasteiger partial charge in [-0.25, -0.2) is 9.48 Å². The van der Waals surface area contributed by atoms with Gasteiger partial charge in [0.2, 0.25) is 0 Å². The molecule has 0 spiro atoms. The number of likely N-dealkylation sites (tertiary alicyclic amines) is 1. The predicted octanol–water partition coefficient (Wildman–Crippen LogP) is 2.89. The highest BCUT2D eigenvalue weighted by atomic mass is 16.3. The number of carbonyl (C=O) groups is 1. The third kappa shape index (κ3) is 3.43. The minimum absolute atomic E-state index is 0.0189. The summed E-state index contributed by atoms with van der Waals surface area (Å²) in [4.78, 5) is 14.2. The second kappa shape index (κ2) is 7.05. The Morgan fingerprint density at radius 3 is 2.62 bits per heavy atom. The average Bonchev–Trinajstić information content (AvgIpc) is 3.11. The maximum absolute atomic E-state index is 12.4. The maximum atomic E-state index is 12.4. The van der Waals surface area contributed by atoms with Crippen LogP contribution in [0.1, 0.15) is 26.2 Å². The predicted molar refractivity (Wildman–Crippen MR) is 93.2 cm³/mol. The Morgan fingerprint density at radius 2 is 2.00 bits per heavy atom. The Morgan fingerprint density at radius 1 is 1.29 bits per heavy atom. The zero-order valence-corrected chi connectivity index (χ0v) is 14.0. The number of anilines is 1. The number of carbonyl (C=O) groups excluding carboxylic acids is 1. The number of hydrogen-bond acceptors (Lipinski definition) is 3. The lowest BCUT2D eigenvalue weighted by atomic mass is 9.77. The van der Waals surface area contributed by atoms with Crippen molar-refractivity contribution in [3.05, 3.63) is 42.7 Å². The topological polar surface area (TPSA) is 70.4 Å². The fourth-order valence-corrected chi connectivity index (χ4v) is 3.12. The first-order chi connectivity index (χ1) is 11.7. The number of urea groups is 1. The Kier molecular flexibility index (Phi) is 4.85. The highest BCUT2D eigenvalue weighted by Crippen LogP contribution is 2.34. The van der Waals surface area contributed by atoms with Crippen LogP contribution >= 0.6 is 0 Å². The molecule has 6 heteroatoms. The highest BCUT2D eigenvalue weighted by molar-refractivity contribution is 5.89. The molecule has 24 heavy (non-hydrogen) atoms. The second-order valence-electron chi connectivity index (χ2n) is 6.44. The summed E-state index contributed by atoms with van der Waals surface area (Å²) < 4.78 is 1.74. The number of aliphatic hydroxyl groups is 1. The molecule has 0 bridgehead atoms. The van der Waals surface area contributed by atoms with Crippen LogP contribution in [0.2, 0.25) is 0 Å². The van der Waals surface area contributed by atoms with Crippen LogP contribution in [0.5, 0.6) is 0 Å². The van der Waals surface area contributed by atoms with Gasteiger partial charge in [-0.05, 0) is 36.8 Å². The van der Waals surface area contributed by atoms with Crippen LogP contribution in [-0.4, -0.2) is 45.5 Å². The van der Waals surface area contributed by atoms with Crippen LogP contribution in [0.4, 0.5) is 10.5 Å². The largest absolute Gasteiger partial charge is 0.396 e. The molecule has 6 nitrogen and oxygen atoms in total. The van der Waals surface area contributed by atoms with Crippen molar-refractivity contribution in [2.45, 2.75) is 26.2 Å². The molecule has 1 aromatic carbocycles. The monoisotopic (exact) mass is 328 g/mol. The van der Waals surface area contributed by atoms with Crippen molar-refractivity contribution in [3.63, 3.8) is 0 Å². The molecule has 0 saturated carbocycles. The fraction of sp³-hybridized carbons (Fsp3) is 0.444. The maximum Gasteiger partial charge on any atom is 0.321 e. The Balaban J connectivity index is 1.59. The first-order valence-electron chi connectivity index (χ1n) is 8.43. The van der Waals surface area contributed by atoms with Crippen molar-refractivity contribution < 1.29 is 9.90 Å². The molecule has 0 radical (unpaired) electrons. The van der Waals surface area contributed by atoms with Crippen molar-refractivity contribution in [1.82, 2.24) is 14.7 Å². The van der Waals surface area contributed by atoms with E-state index in [0.29, 0.717) is 18.8 Å². The van der Waals surface area contributed by atoms with Gasteiger partial charge < -0.3 is 15.3 Å². The van der Waals surface area contributed by atoms with Crippen LogP contribution in [-0.2, 0) is 0 Å². The molecular weight excluding hydrogens is 304 g/mol. The summed E-state index contributed by atoms with van der Waals surface area (Å²) >= 11 is 0. The number of nitrogens with one attached hydrogen (secondary N) is 1. The van der Waals surface area contributed by atoms with Crippen molar-refractivity contribution >= 4 is 11.7 Å². The van der Waals surface area contributed by atoms with E-state index in [-0.39, 0.29) is 18.1 Å². The number of aliphatic hydroxyl groups excluding tert-OH is 1. The van der Waals surface area contributed by atoms with Gasteiger partial charge in [0.05, 0.1) is 23.8 Å². The molecule has 1 aliphatic rings. The fourth-order valence-electron chi connectivity index (χ4n) is 3.12. The van der Waals surface area contributed by atoms with E-state index >= 15 is 0 Å². The summed E-state index contributed by atoms with van der Waals surface area (Å²) in [6.07, 6.45) is 6.09. The SMILES string of the molecule is CCC1(CO)CCN(C(=O)Nc2cnn(-c3ccccc3)c2)CC1. The smallest absolute Gasteiger partial charge is 0.321 e. The lowest BCUT2D eigenvalue weighted by Gasteiger charge is -2.40. The van der Waals surface area contributed by atoms with E-state index in [1.807, 2.05) is 35.2 Å². The molecule has 1 aliphatic heterocycles. The Labute approximate surface area is 142 Å². The second-order valence-corrected chi connectivity index (χ2v) is 6.44. The molecule has 2 amide bonds. The number of amides is 2. The van der Waals surface area contributed by atoms with Crippen molar-refractivity contribution in [2.24, 2.45) is 5.41 Å². The standard InChI is InChI=1S/C18H24N4O2/c1-2-18(14-23)8-10-21(11-9-18)17(24)20-15-12-19-22(13-15)16-6-4-3-5-7-16/h3-7,12-13,23H,2,8-11,14H2,1H3,(H,20,24). The number of benzene rings is 1. The third-order valence-corrected chi connectivity index (χ3v) is 5.05. The van der Waals surface area contributed by atoms with Crippen molar-refractivity contribution in [1.29, 1.82) is 0 Å². The van der Waals surface area contributed by atoms with Crippen LogP contribution in [0.3, 0.4) is 0 Å². The number of rotatable bonds is 4. The van der Waals surface area contributed by atoms with E-state index in [2.05, 4.69) is 17.3 Å². The number of piperidine rings is 1. The van der Waals surface area contributed by atoms with Gasteiger partial charge in [-0.3, -0.25) is 0 Å². The van der Waals surface area contributed by atoms with Gasteiger partial charge in [0.1, 0.15) is 0 Å². The number of nitrogens with zero attached hydrogens (tertiary/aromatic N) is 3. The molecule has 3 rings (SSSR count). The van der Waals surface area contributed by atoms with Crippen molar-refractivity contribution in [2.75, 3.05) is 25.0 Å². The Hall–Kier alpha value is -2.34. The summed E-state index contributed by atoms with van der Waals surface area (Å²) in [5.74, 6) is 0. The molecule has 0 aliphatic carbocycles. The molecular formula is C18H24N4O2. The van der Waals surface area contributed by atoms with Crippen molar-refractivity contribution in [3.8, 4) is 5.69 Å². The van der Waals surface area contributed by atoms with Gasteiger partial charge in [-0.2, -0.15) is 5.10 Å². The molecule has 2 N–H and O–H groups in total. The zero-order valence-electron chi connectivity index (χ0n) is 14.0. The van der Waals surface area contributed by atoms with Gasteiger partial charge in [-0.1, -0.05) is 25.1 Å². The molecule has 2 aromatic rings. The number of hydrogen-bond donors (Lipinski definition) is 2.